The van der Waals surface area contributed by atoms with Gasteiger partial charge in [-0.15, -0.1) is 0 Å². The Morgan fingerprint density at radius 3 is 2.43 bits per heavy atom. The van der Waals surface area contributed by atoms with Crippen molar-refractivity contribution in [1.82, 2.24) is 5.32 Å². The molecule has 0 atom stereocenters. The predicted molar refractivity (Wildman–Crippen MR) is 80.3 cm³/mol. The van der Waals surface area contributed by atoms with Crippen LogP contribution >= 0.6 is 0 Å². The quantitative estimate of drug-likeness (QED) is 0.746. The maximum absolute atomic E-state index is 11.6. The van der Waals surface area contributed by atoms with Crippen LogP contribution in [0.25, 0.3) is 0 Å². The normalized spacial score (nSPS) is 10.0. The second kappa shape index (κ2) is 9.00. The Morgan fingerprint density at radius 1 is 1.14 bits per heavy atom. The lowest BCUT2D eigenvalue weighted by Gasteiger charge is -2.11. The molecule has 1 aromatic carbocycles. The zero-order valence-electron chi connectivity index (χ0n) is 12.9. The maximum Gasteiger partial charge on any atom is 0.307 e. The van der Waals surface area contributed by atoms with Gasteiger partial charge in [0.05, 0.1) is 26.1 Å². The average molecular weight is 293 g/mol. The lowest BCUT2D eigenvalue weighted by Crippen LogP contribution is -2.27. The van der Waals surface area contributed by atoms with Gasteiger partial charge in [-0.1, -0.05) is 18.2 Å². The van der Waals surface area contributed by atoms with Gasteiger partial charge >= 0.3 is 5.97 Å². The van der Waals surface area contributed by atoms with Crippen molar-refractivity contribution in [2.75, 3.05) is 19.8 Å². The van der Waals surface area contributed by atoms with Crippen LogP contribution in [0.5, 0.6) is 5.75 Å². The van der Waals surface area contributed by atoms with Gasteiger partial charge in [-0.3, -0.25) is 9.59 Å². The molecule has 1 rings (SSSR count). The molecule has 0 aliphatic rings. The van der Waals surface area contributed by atoms with Crippen LogP contribution in [0.15, 0.2) is 18.2 Å². The number of nitrogens with one attached hydrogen (secondary N) is 1. The summed E-state index contributed by atoms with van der Waals surface area (Å²) in [5, 5.41) is 2.67. The van der Waals surface area contributed by atoms with Gasteiger partial charge in [-0.25, -0.2) is 0 Å². The molecule has 1 N–H and O–H groups in total. The lowest BCUT2D eigenvalue weighted by atomic mass is 10.1. The molecular weight excluding hydrogens is 270 g/mol. The highest BCUT2D eigenvalue weighted by atomic mass is 16.5. The molecule has 0 heterocycles. The predicted octanol–water partition coefficient (Wildman–Crippen LogP) is 2.14. The number of hydrogen-bond donors (Lipinski definition) is 1. The number of carbonyl (C=O) groups is 2. The van der Waals surface area contributed by atoms with E-state index < -0.39 is 0 Å². The second-order valence-corrected chi connectivity index (χ2v) is 4.72. The van der Waals surface area contributed by atoms with Crippen LogP contribution in [0.4, 0.5) is 0 Å². The summed E-state index contributed by atoms with van der Waals surface area (Å²) >= 11 is 0. The van der Waals surface area contributed by atoms with Crippen molar-refractivity contribution in [2.45, 2.75) is 33.6 Å². The van der Waals surface area contributed by atoms with Gasteiger partial charge in [0.15, 0.2) is 0 Å². The minimum atomic E-state index is -0.301. The summed E-state index contributed by atoms with van der Waals surface area (Å²) in [7, 11) is 0. The van der Waals surface area contributed by atoms with Crippen LogP contribution in [0.2, 0.25) is 0 Å². The van der Waals surface area contributed by atoms with Crippen molar-refractivity contribution >= 4 is 11.9 Å². The smallest absolute Gasteiger partial charge is 0.307 e. The van der Waals surface area contributed by atoms with Crippen molar-refractivity contribution in [2.24, 2.45) is 0 Å². The van der Waals surface area contributed by atoms with E-state index in [-0.39, 0.29) is 24.7 Å². The summed E-state index contributed by atoms with van der Waals surface area (Å²) in [6.07, 6.45) is 0.452. The molecule has 1 amide bonds. The van der Waals surface area contributed by atoms with E-state index in [4.69, 9.17) is 9.47 Å². The second-order valence-electron chi connectivity index (χ2n) is 4.72. The van der Waals surface area contributed by atoms with E-state index in [9.17, 15) is 9.59 Å². The lowest BCUT2D eigenvalue weighted by molar-refractivity contribution is -0.143. The first-order chi connectivity index (χ1) is 10.0. The Kier molecular flexibility index (Phi) is 7.29. The van der Waals surface area contributed by atoms with Gasteiger partial charge in [0.2, 0.25) is 5.91 Å². The number of carbonyl (C=O) groups excluding carboxylic acids is 2. The number of amides is 1. The van der Waals surface area contributed by atoms with Crippen LogP contribution in [0.3, 0.4) is 0 Å². The highest BCUT2D eigenvalue weighted by Gasteiger charge is 2.07. The Bertz CT molecular complexity index is 465. The molecule has 1 aromatic rings. The number of rotatable bonds is 8. The number of para-hydroxylation sites is 1. The van der Waals surface area contributed by atoms with E-state index in [0.717, 1.165) is 16.9 Å². The molecule has 0 aliphatic heterocycles. The first-order valence-electron chi connectivity index (χ1n) is 7.16. The summed E-state index contributed by atoms with van der Waals surface area (Å²) in [5.41, 5.74) is 2.11. The summed E-state index contributed by atoms with van der Waals surface area (Å²) < 4.78 is 10.4. The topological polar surface area (TPSA) is 64.6 Å². The Balaban J connectivity index is 2.23. The number of benzene rings is 1. The van der Waals surface area contributed by atoms with Gasteiger partial charge in [0, 0.05) is 6.54 Å². The maximum atomic E-state index is 11.6. The Labute approximate surface area is 125 Å². The minimum absolute atomic E-state index is 0.134. The molecule has 116 valence electrons. The van der Waals surface area contributed by atoms with E-state index in [1.807, 2.05) is 32.0 Å². The van der Waals surface area contributed by atoms with Gasteiger partial charge in [-0.2, -0.15) is 0 Å². The highest BCUT2D eigenvalue weighted by Crippen LogP contribution is 2.22. The molecule has 0 saturated heterocycles. The third-order valence-electron chi connectivity index (χ3n) is 2.94. The molecular formula is C16H23NO4. The number of aryl methyl sites for hydroxylation is 2. The summed E-state index contributed by atoms with van der Waals surface area (Å²) in [4.78, 5) is 22.7. The summed E-state index contributed by atoms with van der Waals surface area (Å²) in [6.45, 7) is 6.67. The van der Waals surface area contributed by atoms with Crippen LogP contribution < -0.4 is 10.1 Å². The van der Waals surface area contributed by atoms with Crippen LogP contribution in [0, 0.1) is 13.8 Å². The van der Waals surface area contributed by atoms with E-state index >= 15 is 0 Å². The number of ether oxygens (including phenoxy) is 2. The first-order valence-corrected chi connectivity index (χ1v) is 7.16. The van der Waals surface area contributed by atoms with Gasteiger partial charge < -0.3 is 14.8 Å². The molecule has 0 saturated carbocycles. The molecule has 0 spiro atoms. The first kappa shape index (κ1) is 17.0. The largest absolute Gasteiger partial charge is 0.493 e. The van der Waals surface area contributed by atoms with Gasteiger partial charge in [0.25, 0.3) is 0 Å². The minimum Gasteiger partial charge on any atom is -0.493 e. The van der Waals surface area contributed by atoms with E-state index in [0.29, 0.717) is 19.8 Å². The molecule has 0 bridgehead atoms. The fraction of sp³-hybridized carbons (Fsp3) is 0.500. The fourth-order valence-electron chi connectivity index (χ4n) is 1.90. The van der Waals surface area contributed by atoms with Crippen LogP contribution in [-0.2, 0) is 14.3 Å². The average Bonchev–Trinajstić information content (AvgIpc) is 2.42. The highest BCUT2D eigenvalue weighted by molar-refractivity contribution is 5.77. The molecule has 21 heavy (non-hydrogen) atoms. The van der Waals surface area contributed by atoms with Crippen molar-refractivity contribution in [1.29, 1.82) is 0 Å². The van der Waals surface area contributed by atoms with Crippen molar-refractivity contribution < 1.29 is 19.1 Å². The molecule has 5 heteroatoms. The zero-order chi connectivity index (χ0) is 15.7. The Hall–Kier alpha value is -2.04. The molecule has 5 nitrogen and oxygen atoms in total. The third-order valence-corrected chi connectivity index (χ3v) is 2.94. The molecule has 0 unspecified atom stereocenters. The molecule has 0 fully saturated rings. The van der Waals surface area contributed by atoms with Gasteiger partial charge in [0.1, 0.15) is 5.75 Å². The molecule has 0 radical (unpaired) electrons. The molecule has 0 aromatic heterocycles. The fourth-order valence-corrected chi connectivity index (χ4v) is 1.90. The van der Waals surface area contributed by atoms with Crippen LogP contribution in [0.1, 0.15) is 30.9 Å². The zero-order valence-corrected chi connectivity index (χ0v) is 12.9. The van der Waals surface area contributed by atoms with E-state index in [1.165, 1.54) is 0 Å². The SMILES string of the molecule is CCOC(=O)CCNC(=O)CCOc1c(C)cccc1C. The summed E-state index contributed by atoms with van der Waals surface area (Å²) in [6, 6.07) is 5.92. The van der Waals surface area contributed by atoms with Crippen molar-refractivity contribution in [3.63, 3.8) is 0 Å². The van der Waals surface area contributed by atoms with Gasteiger partial charge in [-0.05, 0) is 31.9 Å². The van der Waals surface area contributed by atoms with E-state index in [2.05, 4.69) is 5.32 Å². The van der Waals surface area contributed by atoms with Crippen molar-refractivity contribution in [3.8, 4) is 5.75 Å². The number of esters is 1. The third kappa shape index (κ3) is 6.29. The van der Waals surface area contributed by atoms with Crippen molar-refractivity contribution in [3.05, 3.63) is 29.3 Å². The monoisotopic (exact) mass is 293 g/mol. The summed E-state index contributed by atoms with van der Waals surface area (Å²) in [5.74, 6) is 0.395. The Morgan fingerprint density at radius 2 is 1.81 bits per heavy atom. The van der Waals surface area contributed by atoms with Crippen LogP contribution in [-0.4, -0.2) is 31.6 Å². The number of hydrogen-bond acceptors (Lipinski definition) is 4. The van der Waals surface area contributed by atoms with E-state index in [1.54, 1.807) is 6.92 Å². The standard InChI is InChI=1S/C16H23NO4/c1-4-20-15(19)8-10-17-14(18)9-11-21-16-12(2)6-5-7-13(16)3/h5-7H,4,8-11H2,1-3H3,(H,17,18). The molecule has 0 aliphatic carbocycles.